The number of hydrogen-bond donors (Lipinski definition) is 1. The summed E-state index contributed by atoms with van der Waals surface area (Å²) in [4.78, 5) is 11.0. The summed E-state index contributed by atoms with van der Waals surface area (Å²) in [5.74, 6) is -0.891. The molecule has 1 aromatic heterocycles. The summed E-state index contributed by atoms with van der Waals surface area (Å²) in [5.41, 5.74) is 1.09. The summed E-state index contributed by atoms with van der Waals surface area (Å²) >= 11 is 0. The van der Waals surface area contributed by atoms with Crippen LogP contribution < -0.4 is 4.57 Å². The topological polar surface area (TPSA) is 41.2 Å². The molecular formula is C11H10NO2+. The lowest BCUT2D eigenvalue weighted by Gasteiger charge is -1.99. The van der Waals surface area contributed by atoms with Crippen molar-refractivity contribution in [1.82, 2.24) is 0 Å². The highest BCUT2D eigenvalue weighted by Gasteiger charge is 2.15. The van der Waals surface area contributed by atoms with Gasteiger partial charge in [-0.15, -0.1) is 0 Å². The maximum Gasteiger partial charge on any atom is 0.342 e. The number of aryl methyl sites for hydroxylation is 1. The van der Waals surface area contributed by atoms with Crippen LogP contribution in [0.2, 0.25) is 0 Å². The molecule has 1 N–H and O–H groups in total. The van der Waals surface area contributed by atoms with Crippen LogP contribution >= 0.6 is 0 Å². The van der Waals surface area contributed by atoms with Gasteiger partial charge in [0.05, 0.1) is 0 Å². The molecule has 0 fully saturated rings. The Bertz CT molecular complexity index is 500. The summed E-state index contributed by atoms with van der Waals surface area (Å²) in [6.45, 7) is 0. The number of nitrogens with zero attached hydrogens (tertiary/aromatic N) is 1. The predicted molar refractivity (Wildman–Crippen MR) is 52.1 cm³/mol. The largest absolute Gasteiger partial charge is 0.477 e. The summed E-state index contributed by atoms with van der Waals surface area (Å²) in [6, 6.07) is 9.08. The molecule has 0 saturated heterocycles. The van der Waals surface area contributed by atoms with E-state index in [1.54, 1.807) is 12.1 Å². The Hall–Kier alpha value is -1.90. The van der Waals surface area contributed by atoms with E-state index < -0.39 is 5.97 Å². The van der Waals surface area contributed by atoms with Crippen molar-refractivity contribution in [2.45, 2.75) is 0 Å². The van der Waals surface area contributed by atoms with Gasteiger partial charge < -0.3 is 5.11 Å². The van der Waals surface area contributed by atoms with Crippen LogP contribution in [0.1, 0.15) is 10.4 Å². The first-order valence-electron chi connectivity index (χ1n) is 4.31. The number of hydrogen-bond acceptors (Lipinski definition) is 1. The lowest BCUT2D eigenvalue weighted by molar-refractivity contribution is -0.645. The summed E-state index contributed by atoms with van der Waals surface area (Å²) in [7, 11) is 1.84. The molecule has 3 heteroatoms. The average Bonchev–Trinajstić information content (AvgIpc) is 2.17. The molecule has 1 heterocycles. The van der Waals surface area contributed by atoms with E-state index in [2.05, 4.69) is 0 Å². The fraction of sp³-hybridized carbons (Fsp3) is 0.0909. The highest BCUT2D eigenvalue weighted by Crippen LogP contribution is 2.13. The number of carboxylic acids is 1. The van der Waals surface area contributed by atoms with Crippen molar-refractivity contribution in [2.24, 2.45) is 7.05 Å². The van der Waals surface area contributed by atoms with Crippen LogP contribution in [-0.4, -0.2) is 11.1 Å². The maximum atomic E-state index is 11.0. The Kier molecular flexibility index (Phi) is 1.93. The molecule has 0 bridgehead atoms. The van der Waals surface area contributed by atoms with Crippen LogP contribution in [-0.2, 0) is 7.05 Å². The lowest BCUT2D eigenvalue weighted by Crippen LogP contribution is -2.29. The second kappa shape index (κ2) is 3.10. The first kappa shape index (κ1) is 8.69. The first-order chi connectivity index (χ1) is 6.70. The number of carbonyl (C=O) groups is 1. The summed E-state index contributed by atoms with van der Waals surface area (Å²) in [6.07, 6.45) is 1.84. The van der Waals surface area contributed by atoms with E-state index in [0.717, 1.165) is 10.9 Å². The Morgan fingerprint density at radius 3 is 2.71 bits per heavy atom. The van der Waals surface area contributed by atoms with Crippen molar-refractivity contribution < 1.29 is 14.5 Å². The van der Waals surface area contributed by atoms with E-state index in [0.29, 0.717) is 5.56 Å². The maximum absolute atomic E-state index is 11.0. The Morgan fingerprint density at radius 2 is 2.00 bits per heavy atom. The average molecular weight is 188 g/mol. The van der Waals surface area contributed by atoms with E-state index in [-0.39, 0.29) is 0 Å². The van der Waals surface area contributed by atoms with E-state index in [1.807, 2.05) is 36.0 Å². The zero-order valence-electron chi connectivity index (χ0n) is 7.77. The Labute approximate surface area is 81.2 Å². The number of para-hydroxylation sites is 1. The summed E-state index contributed by atoms with van der Waals surface area (Å²) < 4.78 is 1.82. The molecule has 0 saturated carbocycles. The predicted octanol–water partition coefficient (Wildman–Crippen LogP) is 1.36. The number of pyridine rings is 1. The number of rotatable bonds is 1. The molecule has 70 valence electrons. The molecule has 0 aliphatic carbocycles. The van der Waals surface area contributed by atoms with Gasteiger partial charge in [0.25, 0.3) is 0 Å². The minimum Gasteiger partial charge on any atom is -0.477 e. The molecule has 0 atom stereocenters. The van der Waals surface area contributed by atoms with E-state index in [1.165, 1.54) is 0 Å². The standard InChI is InChI=1S/C11H9NO2/c1-12-7-3-5-8-4-2-6-9(10(8)12)11(13)14/h2-7H,1H3/p+1. The van der Waals surface area contributed by atoms with Gasteiger partial charge in [-0.2, -0.15) is 0 Å². The molecule has 0 aliphatic rings. The van der Waals surface area contributed by atoms with Crippen LogP contribution in [0.3, 0.4) is 0 Å². The number of benzene rings is 1. The van der Waals surface area contributed by atoms with E-state index in [4.69, 9.17) is 5.11 Å². The van der Waals surface area contributed by atoms with Gasteiger partial charge in [0.1, 0.15) is 12.6 Å². The molecule has 0 aliphatic heterocycles. The van der Waals surface area contributed by atoms with Crippen molar-refractivity contribution in [1.29, 1.82) is 0 Å². The molecule has 0 amide bonds. The molecule has 2 aromatic rings. The van der Waals surface area contributed by atoms with Gasteiger partial charge in [-0.3, -0.25) is 0 Å². The molecule has 0 radical (unpaired) electrons. The van der Waals surface area contributed by atoms with Crippen LogP contribution in [0.25, 0.3) is 10.9 Å². The zero-order chi connectivity index (χ0) is 10.1. The third-order valence-electron chi connectivity index (χ3n) is 2.24. The fourth-order valence-electron chi connectivity index (χ4n) is 1.61. The monoisotopic (exact) mass is 188 g/mol. The molecular weight excluding hydrogens is 178 g/mol. The minimum absolute atomic E-state index is 0.339. The van der Waals surface area contributed by atoms with Crippen LogP contribution in [0.5, 0.6) is 0 Å². The number of carboxylic acid groups (broad SMARTS) is 1. The molecule has 14 heavy (non-hydrogen) atoms. The van der Waals surface area contributed by atoms with Crippen LogP contribution in [0.4, 0.5) is 0 Å². The van der Waals surface area contributed by atoms with Gasteiger partial charge in [-0.1, -0.05) is 6.07 Å². The Balaban J connectivity index is 2.91. The SMILES string of the molecule is C[n+]1cccc2cccc(C(=O)O)c21. The smallest absolute Gasteiger partial charge is 0.342 e. The highest BCUT2D eigenvalue weighted by molar-refractivity contribution is 6.00. The second-order valence-electron chi connectivity index (χ2n) is 3.17. The summed E-state index contributed by atoms with van der Waals surface area (Å²) in [5, 5.41) is 9.93. The minimum atomic E-state index is -0.891. The lowest BCUT2D eigenvalue weighted by atomic mass is 10.1. The quantitative estimate of drug-likeness (QED) is 0.686. The molecule has 3 nitrogen and oxygen atoms in total. The molecule has 2 rings (SSSR count). The van der Waals surface area contributed by atoms with E-state index in [9.17, 15) is 4.79 Å². The number of aromatic carboxylic acids is 1. The highest BCUT2D eigenvalue weighted by atomic mass is 16.4. The second-order valence-corrected chi connectivity index (χ2v) is 3.17. The van der Waals surface area contributed by atoms with Gasteiger partial charge in [0, 0.05) is 11.5 Å². The molecule has 0 spiro atoms. The van der Waals surface area contributed by atoms with Crippen LogP contribution in [0, 0.1) is 0 Å². The van der Waals surface area contributed by atoms with Crippen LogP contribution in [0.15, 0.2) is 36.5 Å². The van der Waals surface area contributed by atoms with Crippen molar-refractivity contribution in [3.8, 4) is 0 Å². The van der Waals surface area contributed by atoms with Gasteiger partial charge in [0.15, 0.2) is 6.20 Å². The number of fused-ring (bicyclic) bond motifs is 1. The molecule has 0 unspecified atom stereocenters. The third-order valence-corrected chi connectivity index (χ3v) is 2.24. The number of aromatic nitrogens is 1. The molecule has 1 aromatic carbocycles. The van der Waals surface area contributed by atoms with Gasteiger partial charge in [0.2, 0.25) is 5.52 Å². The Morgan fingerprint density at radius 1 is 1.29 bits per heavy atom. The third kappa shape index (κ3) is 1.23. The van der Waals surface area contributed by atoms with Crippen molar-refractivity contribution in [3.05, 3.63) is 42.1 Å². The van der Waals surface area contributed by atoms with Gasteiger partial charge in [-0.25, -0.2) is 9.36 Å². The first-order valence-corrected chi connectivity index (χ1v) is 4.31. The van der Waals surface area contributed by atoms with Crippen molar-refractivity contribution in [3.63, 3.8) is 0 Å². The van der Waals surface area contributed by atoms with Gasteiger partial charge in [-0.05, 0) is 18.2 Å². The van der Waals surface area contributed by atoms with E-state index >= 15 is 0 Å². The normalized spacial score (nSPS) is 10.4. The zero-order valence-corrected chi connectivity index (χ0v) is 7.77. The fourth-order valence-corrected chi connectivity index (χ4v) is 1.61. The van der Waals surface area contributed by atoms with Crippen molar-refractivity contribution in [2.75, 3.05) is 0 Å². The van der Waals surface area contributed by atoms with Crippen molar-refractivity contribution >= 4 is 16.9 Å². The van der Waals surface area contributed by atoms with Gasteiger partial charge >= 0.3 is 5.97 Å².